The maximum Gasteiger partial charge on any atom is 0.416 e. The number of anilines is 1. The van der Waals surface area contributed by atoms with Crippen molar-refractivity contribution in [3.63, 3.8) is 0 Å². The Morgan fingerprint density at radius 1 is 1.21 bits per heavy atom. The normalized spacial score (nSPS) is 16.3. The molecule has 1 fully saturated rings. The minimum Gasteiger partial charge on any atom is -0.326 e. The van der Waals surface area contributed by atoms with Crippen molar-refractivity contribution in [1.29, 1.82) is 0 Å². The highest BCUT2D eigenvalue weighted by molar-refractivity contribution is 7.92. The van der Waals surface area contributed by atoms with Crippen LogP contribution in [0.2, 0.25) is 0 Å². The summed E-state index contributed by atoms with van der Waals surface area (Å²) in [5, 5.41) is 1.70. The van der Waals surface area contributed by atoms with E-state index < -0.39 is 38.5 Å². The fourth-order valence-corrected chi connectivity index (χ4v) is 4.52. The number of rotatable bonds is 5. The third-order valence-corrected chi connectivity index (χ3v) is 6.13. The number of nitrogens with one attached hydrogen (secondary N) is 1. The average molecular weight is 364 g/mol. The van der Waals surface area contributed by atoms with Crippen LogP contribution in [0.4, 0.5) is 18.9 Å². The number of carbonyl (C=O) groups is 1. The minimum atomic E-state index is -4.58. The van der Waals surface area contributed by atoms with Crippen molar-refractivity contribution < 1.29 is 26.4 Å². The van der Waals surface area contributed by atoms with Gasteiger partial charge in [0, 0.05) is 12.2 Å². The Morgan fingerprint density at radius 2 is 1.83 bits per heavy atom. The van der Waals surface area contributed by atoms with Gasteiger partial charge in [0.05, 0.1) is 10.8 Å². The third-order valence-electron chi connectivity index (χ3n) is 3.98. The van der Waals surface area contributed by atoms with Gasteiger partial charge >= 0.3 is 6.18 Å². The molecule has 0 aliphatic heterocycles. The lowest BCUT2D eigenvalue weighted by molar-refractivity contribution is -0.137. The lowest BCUT2D eigenvalue weighted by Crippen LogP contribution is -2.29. The first-order valence-electron chi connectivity index (χ1n) is 7.54. The van der Waals surface area contributed by atoms with Gasteiger partial charge < -0.3 is 11.1 Å². The second-order valence-corrected chi connectivity index (χ2v) is 8.16. The monoisotopic (exact) mass is 364 g/mol. The summed E-state index contributed by atoms with van der Waals surface area (Å²) in [6.07, 6.45) is -1.93. The van der Waals surface area contributed by atoms with Crippen molar-refractivity contribution >= 4 is 21.4 Å². The quantitative estimate of drug-likeness (QED) is 0.840. The first-order valence-corrected chi connectivity index (χ1v) is 9.26. The average Bonchev–Trinajstić information content (AvgIpc) is 3.00. The van der Waals surface area contributed by atoms with E-state index in [1.807, 2.05) is 0 Å². The first-order chi connectivity index (χ1) is 11.1. The molecule has 1 aliphatic carbocycles. The third kappa shape index (κ3) is 4.70. The number of halogens is 3. The van der Waals surface area contributed by atoms with Crippen LogP contribution in [0.15, 0.2) is 18.2 Å². The summed E-state index contributed by atoms with van der Waals surface area (Å²) in [6.45, 7) is -0.132. The molecule has 0 atom stereocenters. The zero-order valence-corrected chi connectivity index (χ0v) is 13.7. The fourth-order valence-electron chi connectivity index (χ4n) is 2.79. The van der Waals surface area contributed by atoms with Crippen molar-refractivity contribution in [2.24, 2.45) is 5.73 Å². The molecule has 0 heterocycles. The summed E-state index contributed by atoms with van der Waals surface area (Å²) in [6, 6.07) is 2.96. The molecule has 0 spiro atoms. The molecule has 1 saturated carbocycles. The molecule has 2 rings (SSSR count). The van der Waals surface area contributed by atoms with Crippen molar-refractivity contribution in [2.75, 3.05) is 11.1 Å². The maximum atomic E-state index is 12.8. The van der Waals surface area contributed by atoms with Crippen LogP contribution in [0.5, 0.6) is 0 Å². The highest BCUT2D eigenvalue weighted by atomic mass is 32.2. The molecule has 0 unspecified atom stereocenters. The number of amides is 1. The molecule has 5 nitrogen and oxygen atoms in total. The molecule has 24 heavy (non-hydrogen) atoms. The highest BCUT2D eigenvalue weighted by Crippen LogP contribution is 2.32. The molecule has 0 bridgehead atoms. The Kier molecular flexibility index (Phi) is 5.54. The molecule has 3 N–H and O–H groups in total. The fraction of sp³-hybridized carbons (Fsp3) is 0.533. The Bertz CT molecular complexity index is 711. The van der Waals surface area contributed by atoms with Crippen LogP contribution in [0, 0.1) is 0 Å². The highest BCUT2D eigenvalue weighted by Gasteiger charge is 2.32. The summed E-state index contributed by atoms with van der Waals surface area (Å²) >= 11 is 0. The largest absolute Gasteiger partial charge is 0.416 e. The van der Waals surface area contributed by atoms with Gasteiger partial charge in [-0.3, -0.25) is 4.79 Å². The summed E-state index contributed by atoms with van der Waals surface area (Å²) in [7, 11) is -3.59. The van der Waals surface area contributed by atoms with E-state index in [0.717, 1.165) is 25.0 Å². The Labute approximate surface area is 138 Å². The predicted molar refractivity (Wildman–Crippen MR) is 84.0 cm³/mol. The molecule has 134 valence electrons. The van der Waals surface area contributed by atoms with Crippen LogP contribution in [-0.4, -0.2) is 25.3 Å². The van der Waals surface area contributed by atoms with Crippen molar-refractivity contribution in [3.05, 3.63) is 29.3 Å². The number of sulfone groups is 1. The van der Waals surface area contributed by atoms with Gasteiger partial charge in [-0.05, 0) is 36.6 Å². The number of carbonyl (C=O) groups excluding carboxylic acids is 1. The van der Waals surface area contributed by atoms with E-state index >= 15 is 0 Å². The van der Waals surface area contributed by atoms with E-state index in [9.17, 15) is 26.4 Å². The molecule has 1 aromatic rings. The molecule has 1 aliphatic rings. The smallest absolute Gasteiger partial charge is 0.326 e. The topological polar surface area (TPSA) is 89.3 Å². The zero-order valence-electron chi connectivity index (χ0n) is 12.9. The van der Waals surface area contributed by atoms with E-state index in [-0.39, 0.29) is 17.8 Å². The number of alkyl halides is 3. The van der Waals surface area contributed by atoms with E-state index in [1.54, 1.807) is 0 Å². The molecule has 1 amide bonds. The predicted octanol–water partition coefficient (Wildman–Crippen LogP) is 2.46. The second-order valence-electron chi connectivity index (χ2n) is 5.88. The second kappa shape index (κ2) is 7.10. The number of hydrogen-bond acceptors (Lipinski definition) is 4. The van der Waals surface area contributed by atoms with Crippen LogP contribution >= 0.6 is 0 Å². The SMILES string of the molecule is NCc1cc(NC(=O)CS(=O)(=O)C2CCCC2)cc(C(F)(F)F)c1. The number of hydrogen-bond donors (Lipinski definition) is 2. The van der Waals surface area contributed by atoms with E-state index in [2.05, 4.69) is 5.32 Å². The first kappa shape index (κ1) is 18.7. The van der Waals surface area contributed by atoms with Crippen LogP contribution < -0.4 is 11.1 Å². The summed E-state index contributed by atoms with van der Waals surface area (Å²) in [4.78, 5) is 11.9. The van der Waals surface area contributed by atoms with Crippen molar-refractivity contribution in [2.45, 2.75) is 43.7 Å². The standard InChI is InChI=1S/C15H19F3N2O3S/c16-15(17,18)11-5-10(8-19)6-12(7-11)20-14(21)9-24(22,23)13-3-1-2-4-13/h5-7,13H,1-4,8-9,19H2,(H,20,21). The minimum absolute atomic E-state index is 0.114. The van der Waals surface area contributed by atoms with E-state index in [0.29, 0.717) is 12.8 Å². The van der Waals surface area contributed by atoms with Gasteiger partial charge in [0.2, 0.25) is 5.91 Å². The van der Waals surface area contributed by atoms with Gasteiger partial charge in [-0.25, -0.2) is 8.42 Å². The summed E-state index contributed by atoms with van der Waals surface area (Å²) in [5.41, 5.74) is 4.50. The van der Waals surface area contributed by atoms with Gasteiger partial charge in [0.25, 0.3) is 0 Å². The Balaban J connectivity index is 2.13. The number of benzene rings is 1. The van der Waals surface area contributed by atoms with E-state index in [4.69, 9.17) is 5.73 Å². The summed E-state index contributed by atoms with van der Waals surface area (Å²) in [5.74, 6) is -1.57. The van der Waals surface area contributed by atoms with Gasteiger partial charge in [-0.1, -0.05) is 12.8 Å². The van der Waals surface area contributed by atoms with Crippen LogP contribution in [-0.2, 0) is 27.4 Å². The molecule has 0 aromatic heterocycles. The lowest BCUT2D eigenvalue weighted by Gasteiger charge is -2.14. The molecule has 0 saturated heterocycles. The summed E-state index contributed by atoms with van der Waals surface area (Å²) < 4.78 is 62.8. The van der Waals surface area contributed by atoms with Gasteiger partial charge in [0.1, 0.15) is 5.75 Å². The zero-order chi connectivity index (χ0) is 18.0. The van der Waals surface area contributed by atoms with Crippen molar-refractivity contribution in [1.82, 2.24) is 0 Å². The lowest BCUT2D eigenvalue weighted by atomic mass is 10.1. The van der Waals surface area contributed by atoms with E-state index in [1.165, 1.54) is 6.07 Å². The molecular formula is C15H19F3N2O3S. The Hall–Kier alpha value is -1.61. The number of nitrogens with two attached hydrogens (primary N) is 1. The maximum absolute atomic E-state index is 12.8. The molecule has 9 heteroatoms. The van der Waals surface area contributed by atoms with Gasteiger partial charge in [-0.2, -0.15) is 13.2 Å². The molecule has 0 radical (unpaired) electrons. The van der Waals surface area contributed by atoms with Crippen LogP contribution in [0.3, 0.4) is 0 Å². The van der Waals surface area contributed by atoms with Crippen molar-refractivity contribution in [3.8, 4) is 0 Å². The molecule has 1 aromatic carbocycles. The van der Waals surface area contributed by atoms with Gasteiger partial charge in [-0.15, -0.1) is 0 Å². The molecular weight excluding hydrogens is 345 g/mol. The van der Waals surface area contributed by atoms with Crippen LogP contribution in [0.1, 0.15) is 36.8 Å². The Morgan fingerprint density at radius 3 is 2.38 bits per heavy atom. The van der Waals surface area contributed by atoms with Gasteiger partial charge in [0.15, 0.2) is 9.84 Å². The van der Waals surface area contributed by atoms with Crippen LogP contribution in [0.25, 0.3) is 0 Å².